The van der Waals surface area contributed by atoms with E-state index in [1.54, 1.807) is 0 Å². The van der Waals surface area contributed by atoms with Crippen molar-refractivity contribution in [2.75, 3.05) is 6.61 Å². The van der Waals surface area contributed by atoms with Gasteiger partial charge in [0.1, 0.15) is 0 Å². The fourth-order valence-electron chi connectivity index (χ4n) is 1.48. The Morgan fingerprint density at radius 1 is 1.31 bits per heavy atom. The van der Waals surface area contributed by atoms with Gasteiger partial charge in [0.25, 0.3) is 0 Å². The van der Waals surface area contributed by atoms with Crippen molar-refractivity contribution in [2.45, 2.75) is 24.3 Å². The third kappa shape index (κ3) is 2.84. The van der Waals surface area contributed by atoms with Gasteiger partial charge in [-0.3, -0.25) is 0 Å². The fourth-order valence-corrected chi connectivity index (χ4v) is 3.56. The van der Waals surface area contributed by atoms with Crippen LogP contribution in [0.25, 0.3) is 0 Å². The molecule has 70 valence electrons. The van der Waals surface area contributed by atoms with Gasteiger partial charge in [0.05, 0.1) is 0 Å². The molecule has 1 heterocycles. The molecule has 1 aliphatic heterocycles. The molecule has 0 saturated carbocycles. The first-order valence-electron chi connectivity index (χ1n) is 4.74. The van der Waals surface area contributed by atoms with Crippen molar-refractivity contribution in [3.05, 3.63) is 30.3 Å². The quantitative estimate of drug-likeness (QED) is 0.730. The predicted octanol–water partition coefficient (Wildman–Crippen LogP) is 1.61. The van der Waals surface area contributed by atoms with Gasteiger partial charge in [-0.05, 0) is 0 Å². The monoisotopic (exact) mass is 242 g/mol. The molecule has 2 rings (SSSR count). The number of benzene rings is 1. The molecule has 2 heteroatoms. The Balaban J connectivity index is 1.79. The maximum atomic E-state index is 5.59. The third-order valence-electron chi connectivity index (χ3n) is 2.20. The SMILES string of the molecule is c1ccc([Se]CC2CCCO2)cc1. The average Bonchev–Trinajstić information content (AvgIpc) is 2.69. The van der Waals surface area contributed by atoms with Crippen LogP contribution in [-0.2, 0) is 4.74 Å². The molecule has 0 spiro atoms. The van der Waals surface area contributed by atoms with Crippen LogP contribution in [-0.4, -0.2) is 27.7 Å². The van der Waals surface area contributed by atoms with Crippen molar-refractivity contribution in [1.29, 1.82) is 0 Å². The molecule has 1 nitrogen and oxygen atoms in total. The standard InChI is InChI=1S/C11H14OSe/c1-2-6-11(7-3-1)13-9-10-5-4-8-12-10/h1-3,6-7,10H,4-5,8-9H2. The van der Waals surface area contributed by atoms with Gasteiger partial charge in [-0.25, -0.2) is 0 Å². The van der Waals surface area contributed by atoms with E-state index >= 15 is 0 Å². The minimum absolute atomic E-state index is 0.556. The zero-order chi connectivity index (χ0) is 8.93. The summed E-state index contributed by atoms with van der Waals surface area (Å²) in [4.78, 5) is 0. The summed E-state index contributed by atoms with van der Waals surface area (Å²) in [6.45, 7) is 0.982. The summed E-state index contributed by atoms with van der Waals surface area (Å²) < 4.78 is 7.08. The van der Waals surface area contributed by atoms with Crippen molar-refractivity contribution in [1.82, 2.24) is 0 Å². The van der Waals surface area contributed by atoms with E-state index in [9.17, 15) is 0 Å². The Bertz CT molecular complexity index is 242. The van der Waals surface area contributed by atoms with Crippen molar-refractivity contribution in [3.8, 4) is 0 Å². The average molecular weight is 241 g/mol. The molecule has 1 aromatic rings. The fraction of sp³-hybridized carbons (Fsp3) is 0.455. The van der Waals surface area contributed by atoms with Crippen molar-refractivity contribution in [3.63, 3.8) is 0 Å². The van der Waals surface area contributed by atoms with Crippen LogP contribution in [0, 0.1) is 0 Å². The van der Waals surface area contributed by atoms with Gasteiger partial charge < -0.3 is 0 Å². The van der Waals surface area contributed by atoms with E-state index in [2.05, 4.69) is 30.3 Å². The number of ether oxygens (including phenoxy) is 1. The zero-order valence-electron chi connectivity index (χ0n) is 7.61. The first-order chi connectivity index (χ1) is 6.45. The van der Waals surface area contributed by atoms with E-state index in [1.165, 1.54) is 22.6 Å². The van der Waals surface area contributed by atoms with Crippen LogP contribution in [0.4, 0.5) is 0 Å². The third-order valence-corrected chi connectivity index (χ3v) is 4.60. The van der Waals surface area contributed by atoms with Gasteiger partial charge in [-0.1, -0.05) is 0 Å². The van der Waals surface area contributed by atoms with Crippen molar-refractivity contribution < 1.29 is 4.74 Å². The summed E-state index contributed by atoms with van der Waals surface area (Å²) in [5.41, 5.74) is 0. The summed E-state index contributed by atoms with van der Waals surface area (Å²) in [6.07, 6.45) is 3.09. The number of rotatable bonds is 3. The summed E-state index contributed by atoms with van der Waals surface area (Å²) in [5, 5.41) is 1.25. The zero-order valence-corrected chi connectivity index (χ0v) is 9.32. The van der Waals surface area contributed by atoms with Crippen molar-refractivity contribution >= 4 is 19.4 Å². The second kappa shape index (κ2) is 4.80. The Morgan fingerprint density at radius 3 is 2.85 bits per heavy atom. The molecule has 0 aliphatic carbocycles. The first kappa shape index (κ1) is 9.26. The minimum atomic E-state index is 0.556. The van der Waals surface area contributed by atoms with E-state index in [4.69, 9.17) is 4.74 Å². The molecule has 1 atom stereocenters. The topological polar surface area (TPSA) is 9.23 Å². The molecule has 13 heavy (non-hydrogen) atoms. The van der Waals surface area contributed by atoms with Crippen LogP contribution < -0.4 is 4.46 Å². The molecule has 1 aromatic carbocycles. The molecule has 1 saturated heterocycles. The maximum absolute atomic E-state index is 5.59. The van der Waals surface area contributed by atoms with Gasteiger partial charge >= 0.3 is 85.4 Å². The molecule has 0 amide bonds. The molecule has 0 radical (unpaired) electrons. The Morgan fingerprint density at radius 2 is 2.15 bits per heavy atom. The molecule has 1 fully saturated rings. The van der Waals surface area contributed by atoms with Gasteiger partial charge in [0, 0.05) is 0 Å². The van der Waals surface area contributed by atoms with Gasteiger partial charge in [-0.2, -0.15) is 0 Å². The second-order valence-electron chi connectivity index (χ2n) is 3.26. The Labute approximate surface area is 85.6 Å². The van der Waals surface area contributed by atoms with E-state index < -0.39 is 0 Å². The first-order valence-corrected chi connectivity index (χ1v) is 6.81. The van der Waals surface area contributed by atoms with E-state index in [0.717, 1.165) is 6.61 Å². The van der Waals surface area contributed by atoms with Crippen LogP contribution in [0.1, 0.15) is 12.8 Å². The van der Waals surface area contributed by atoms with Gasteiger partial charge in [0.15, 0.2) is 0 Å². The molecular formula is C11H14OSe. The Kier molecular flexibility index (Phi) is 3.42. The molecule has 0 bridgehead atoms. The summed E-state index contributed by atoms with van der Waals surface area (Å²) in [7, 11) is 0. The van der Waals surface area contributed by atoms with Crippen LogP contribution >= 0.6 is 0 Å². The van der Waals surface area contributed by atoms with Crippen LogP contribution in [0.3, 0.4) is 0 Å². The van der Waals surface area contributed by atoms with Crippen LogP contribution in [0.5, 0.6) is 0 Å². The summed E-state index contributed by atoms with van der Waals surface area (Å²) in [6, 6.07) is 10.7. The summed E-state index contributed by atoms with van der Waals surface area (Å²) >= 11 is 0.607. The van der Waals surface area contributed by atoms with E-state index in [-0.39, 0.29) is 0 Å². The van der Waals surface area contributed by atoms with Gasteiger partial charge in [0.2, 0.25) is 0 Å². The van der Waals surface area contributed by atoms with E-state index in [0.29, 0.717) is 21.1 Å². The Hall–Kier alpha value is -0.301. The van der Waals surface area contributed by atoms with Gasteiger partial charge in [-0.15, -0.1) is 0 Å². The number of hydrogen-bond acceptors (Lipinski definition) is 1. The number of hydrogen-bond donors (Lipinski definition) is 0. The molecule has 1 unspecified atom stereocenters. The van der Waals surface area contributed by atoms with E-state index in [1.807, 2.05) is 0 Å². The molecule has 0 N–H and O–H groups in total. The molecular weight excluding hydrogens is 227 g/mol. The van der Waals surface area contributed by atoms with Crippen LogP contribution in [0.2, 0.25) is 5.32 Å². The normalized spacial score (nSPS) is 22.0. The van der Waals surface area contributed by atoms with Crippen molar-refractivity contribution in [2.24, 2.45) is 0 Å². The predicted molar refractivity (Wildman–Crippen MR) is 55.6 cm³/mol. The summed E-state index contributed by atoms with van der Waals surface area (Å²) in [5.74, 6) is 0. The van der Waals surface area contributed by atoms with Crippen LogP contribution in [0.15, 0.2) is 30.3 Å². The molecule has 1 aliphatic rings. The second-order valence-corrected chi connectivity index (χ2v) is 5.55. The molecule has 0 aromatic heterocycles.